The van der Waals surface area contributed by atoms with Gasteiger partial charge in [0, 0.05) is 13.5 Å². The quantitative estimate of drug-likeness (QED) is 0.725. The van der Waals surface area contributed by atoms with Crippen molar-refractivity contribution in [3.8, 4) is 0 Å². The van der Waals surface area contributed by atoms with Crippen LogP contribution >= 0.6 is 0 Å². The van der Waals surface area contributed by atoms with Gasteiger partial charge < -0.3 is 4.43 Å². The van der Waals surface area contributed by atoms with Crippen molar-refractivity contribution in [2.24, 2.45) is 0 Å². The van der Waals surface area contributed by atoms with E-state index in [1.54, 1.807) is 7.11 Å². The summed E-state index contributed by atoms with van der Waals surface area (Å²) in [5.41, 5.74) is -5.42. The Morgan fingerprint density at radius 3 is 2.20 bits per heavy atom. The summed E-state index contributed by atoms with van der Waals surface area (Å²) in [6.45, 7) is 5.76. The maximum absolute atomic E-state index is 12.1. The van der Waals surface area contributed by atoms with Crippen molar-refractivity contribution in [3.63, 3.8) is 0 Å². The number of rotatable bonds is 7. The van der Waals surface area contributed by atoms with Gasteiger partial charge >= 0.3 is 15.5 Å². The van der Waals surface area contributed by atoms with Gasteiger partial charge in [-0.1, -0.05) is 13.3 Å². The van der Waals surface area contributed by atoms with Crippen molar-refractivity contribution in [1.82, 2.24) is 4.72 Å². The Kier molecular flexibility index (Phi) is 6.69. The largest absolute Gasteiger partial charge is 0.516 e. The Labute approximate surface area is 118 Å². The fourth-order valence-corrected chi connectivity index (χ4v) is 4.45. The molecule has 0 aromatic carbocycles. The van der Waals surface area contributed by atoms with Crippen molar-refractivity contribution in [2.45, 2.75) is 50.3 Å². The lowest BCUT2D eigenvalue weighted by atomic mass is 10.2. The number of carbonyl (C=O) groups is 1. The first-order valence-electron chi connectivity index (χ1n) is 6.04. The number of hydrogen-bond donors (Lipinski definition) is 1. The average Bonchev–Trinajstić information content (AvgIpc) is 2.27. The van der Waals surface area contributed by atoms with Crippen LogP contribution in [-0.2, 0) is 19.2 Å². The first kappa shape index (κ1) is 19.4. The van der Waals surface area contributed by atoms with Crippen molar-refractivity contribution < 1.29 is 30.8 Å². The van der Waals surface area contributed by atoms with Crippen LogP contribution in [0.5, 0.6) is 0 Å². The topological polar surface area (TPSA) is 72.5 Å². The van der Waals surface area contributed by atoms with Crippen LogP contribution in [0.2, 0.25) is 18.6 Å². The summed E-state index contributed by atoms with van der Waals surface area (Å²) in [5, 5.41) is 0. The molecule has 1 N–H and O–H groups in total. The SMILES string of the molecule is CCC(CCC(=O)NS(=O)(=O)C(F)(F)F)[Si](C)(C)OC. The van der Waals surface area contributed by atoms with E-state index in [0.717, 1.165) is 4.72 Å². The third kappa shape index (κ3) is 5.41. The molecular formula is C10H20F3NO4SSi. The standard InChI is InChI=1S/C10H20F3NO4SSi/c1-5-8(20(3,4)18-2)6-7-9(15)14-19(16,17)10(11,12)13/h8H,5-7H2,1-4H3,(H,14,15). The highest BCUT2D eigenvalue weighted by molar-refractivity contribution is 7.90. The van der Waals surface area contributed by atoms with Crippen molar-refractivity contribution >= 4 is 24.2 Å². The van der Waals surface area contributed by atoms with E-state index in [-0.39, 0.29) is 12.0 Å². The Hall–Kier alpha value is -0.613. The van der Waals surface area contributed by atoms with Gasteiger partial charge in [-0.05, 0) is 25.1 Å². The summed E-state index contributed by atoms with van der Waals surface area (Å²) in [7, 11) is -6.07. The number of nitrogens with one attached hydrogen (secondary N) is 1. The second kappa shape index (κ2) is 6.90. The molecule has 1 atom stereocenters. The van der Waals surface area contributed by atoms with Crippen LogP contribution < -0.4 is 4.72 Å². The van der Waals surface area contributed by atoms with Crippen LogP contribution in [0, 0.1) is 0 Å². The predicted molar refractivity (Wildman–Crippen MR) is 70.9 cm³/mol. The van der Waals surface area contributed by atoms with Gasteiger partial charge in [-0.25, -0.2) is 4.72 Å². The van der Waals surface area contributed by atoms with E-state index in [0.29, 0.717) is 12.8 Å². The minimum absolute atomic E-state index is 0.0619. The zero-order valence-electron chi connectivity index (χ0n) is 11.9. The minimum atomic E-state index is -5.61. The molecule has 0 aliphatic carbocycles. The molecule has 0 radical (unpaired) electrons. The molecular weight excluding hydrogens is 315 g/mol. The van der Waals surface area contributed by atoms with E-state index in [1.807, 2.05) is 20.0 Å². The highest BCUT2D eigenvalue weighted by atomic mass is 32.2. The lowest BCUT2D eigenvalue weighted by Crippen LogP contribution is -2.41. The average molecular weight is 335 g/mol. The molecule has 20 heavy (non-hydrogen) atoms. The molecule has 0 aromatic heterocycles. The van der Waals surface area contributed by atoms with Crippen LogP contribution in [0.15, 0.2) is 0 Å². The van der Waals surface area contributed by atoms with Gasteiger partial charge in [-0.2, -0.15) is 21.6 Å². The number of amides is 1. The van der Waals surface area contributed by atoms with E-state index >= 15 is 0 Å². The number of carbonyl (C=O) groups excluding carboxylic acids is 1. The molecule has 0 saturated carbocycles. The Balaban J connectivity index is 4.59. The lowest BCUT2D eigenvalue weighted by molar-refractivity contribution is -0.120. The predicted octanol–water partition coefficient (Wildman–Crippen LogP) is 2.36. The Morgan fingerprint density at radius 1 is 1.35 bits per heavy atom. The molecule has 10 heteroatoms. The van der Waals surface area contributed by atoms with Gasteiger partial charge in [0.15, 0.2) is 8.32 Å². The van der Waals surface area contributed by atoms with Gasteiger partial charge in [0.2, 0.25) is 5.91 Å². The highest BCUT2D eigenvalue weighted by Crippen LogP contribution is 2.30. The molecule has 0 aliphatic rings. The maximum atomic E-state index is 12.1. The summed E-state index contributed by atoms with van der Waals surface area (Å²) in [6, 6.07) is 0. The number of alkyl halides is 3. The lowest BCUT2D eigenvalue weighted by Gasteiger charge is -2.29. The zero-order chi connectivity index (χ0) is 16.2. The summed E-state index contributed by atoms with van der Waals surface area (Å²) in [5.74, 6) is -1.15. The summed E-state index contributed by atoms with van der Waals surface area (Å²) in [6.07, 6.45) is 0.725. The van der Waals surface area contributed by atoms with Crippen molar-refractivity contribution in [1.29, 1.82) is 0 Å². The highest BCUT2D eigenvalue weighted by Gasteiger charge is 2.47. The molecule has 0 rings (SSSR count). The summed E-state index contributed by atoms with van der Waals surface area (Å²) >= 11 is 0. The molecule has 0 aliphatic heterocycles. The first-order chi connectivity index (χ1) is 8.87. The van der Waals surface area contributed by atoms with Crippen LogP contribution in [0.3, 0.4) is 0 Å². The van der Waals surface area contributed by atoms with Gasteiger partial charge in [0.1, 0.15) is 0 Å². The molecule has 0 bridgehead atoms. The number of hydrogen-bond acceptors (Lipinski definition) is 4. The van der Waals surface area contributed by atoms with E-state index in [9.17, 15) is 26.4 Å². The molecule has 120 valence electrons. The zero-order valence-corrected chi connectivity index (χ0v) is 13.7. The Bertz CT molecular complexity index is 436. The fraction of sp³-hybridized carbons (Fsp3) is 0.900. The normalized spacial score (nSPS) is 14.9. The maximum Gasteiger partial charge on any atom is 0.516 e. The van der Waals surface area contributed by atoms with E-state index in [4.69, 9.17) is 4.43 Å². The summed E-state index contributed by atoms with van der Waals surface area (Å²) < 4.78 is 64.2. The van der Waals surface area contributed by atoms with E-state index in [1.165, 1.54) is 0 Å². The second-order valence-electron chi connectivity index (χ2n) is 4.93. The number of sulfonamides is 1. The van der Waals surface area contributed by atoms with Gasteiger partial charge in [0.05, 0.1) is 0 Å². The van der Waals surface area contributed by atoms with Crippen molar-refractivity contribution in [3.05, 3.63) is 0 Å². The van der Waals surface area contributed by atoms with Gasteiger partial charge in [-0.3, -0.25) is 4.79 Å². The monoisotopic (exact) mass is 335 g/mol. The van der Waals surface area contributed by atoms with E-state index < -0.39 is 29.8 Å². The van der Waals surface area contributed by atoms with Crippen LogP contribution in [0.1, 0.15) is 26.2 Å². The molecule has 5 nitrogen and oxygen atoms in total. The molecule has 0 heterocycles. The second-order valence-corrected chi connectivity index (χ2v) is 11.0. The van der Waals surface area contributed by atoms with E-state index in [2.05, 4.69) is 0 Å². The first-order valence-corrected chi connectivity index (χ1v) is 10.5. The Morgan fingerprint density at radius 2 is 1.85 bits per heavy atom. The molecule has 0 saturated heterocycles. The van der Waals surface area contributed by atoms with Crippen LogP contribution in [-0.4, -0.2) is 35.3 Å². The molecule has 1 amide bonds. The molecule has 0 aromatic rings. The number of halogens is 3. The minimum Gasteiger partial charge on any atom is -0.420 e. The molecule has 0 spiro atoms. The van der Waals surface area contributed by atoms with Gasteiger partial charge in [-0.15, -0.1) is 0 Å². The molecule has 0 fully saturated rings. The third-order valence-electron chi connectivity index (χ3n) is 3.27. The smallest absolute Gasteiger partial charge is 0.420 e. The van der Waals surface area contributed by atoms with Crippen LogP contribution in [0.25, 0.3) is 0 Å². The van der Waals surface area contributed by atoms with Crippen molar-refractivity contribution in [2.75, 3.05) is 7.11 Å². The fourth-order valence-electron chi connectivity index (χ4n) is 1.77. The van der Waals surface area contributed by atoms with Crippen LogP contribution in [0.4, 0.5) is 13.2 Å². The van der Waals surface area contributed by atoms with Gasteiger partial charge in [0.25, 0.3) is 0 Å². The molecule has 1 unspecified atom stereocenters. The third-order valence-corrected chi connectivity index (χ3v) is 8.10. The summed E-state index contributed by atoms with van der Waals surface area (Å²) in [4.78, 5) is 11.3.